The summed E-state index contributed by atoms with van der Waals surface area (Å²) in [6, 6.07) is 12.3. The fraction of sp³-hybridized carbons (Fsp3) is 0.561. The lowest BCUT2D eigenvalue weighted by molar-refractivity contribution is 0.0519. The first-order valence-corrected chi connectivity index (χ1v) is 20.0. The van der Waals surface area contributed by atoms with Gasteiger partial charge in [-0.2, -0.15) is 0 Å². The van der Waals surface area contributed by atoms with E-state index in [2.05, 4.69) is 57.1 Å². The molecule has 7 heterocycles. The highest BCUT2D eigenvalue weighted by Gasteiger charge is 2.47. The minimum absolute atomic E-state index is 0.0877. The highest BCUT2D eigenvalue weighted by atomic mass is 16.5. The van der Waals surface area contributed by atoms with Gasteiger partial charge >= 0.3 is 5.97 Å². The van der Waals surface area contributed by atoms with Crippen LogP contribution in [0.4, 0.5) is 17.5 Å². The molecule has 4 aromatic rings. The Labute approximate surface area is 327 Å². The van der Waals surface area contributed by atoms with Gasteiger partial charge in [0.05, 0.1) is 32.5 Å². The quantitative estimate of drug-likeness (QED) is 0.0915. The van der Waals surface area contributed by atoms with Crippen molar-refractivity contribution >= 4 is 23.4 Å². The van der Waals surface area contributed by atoms with Crippen LogP contribution in [0.2, 0.25) is 0 Å². The Kier molecular flexibility index (Phi) is 10.8. The molecule has 6 atom stereocenters. The second kappa shape index (κ2) is 16.1. The SMILES string of the molecule is CCOC(=O)c1cn(Cc2ccc(N3CC4CC4C3)nc2C)nn1.Cc1nc(N2CC3CC3C2)ccc1CN=[N+]=[N-].Cc1nc(N2CC3CC3C2)ccc1CO. The van der Waals surface area contributed by atoms with Crippen molar-refractivity contribution in [3.8, 4) is 0 Å². The summed E-state index contributed by atoms with van der Waals surface area (Å²) in [6.45, 7) is 16.0. The molecular formula is C41H52N12O3. The molecule has 4 aromatic heterocycles. The Balaban J connectivity index is 0.000000122. The van der Waals surface area contributed by atoms with Crippen molar-refractivity contribution < 1.29 is 14.6 Å². The number of azide groups is 1. The van der Waals surface area contributed by atoms with Crippen LogP contribution in [-0.4, -0.2) is 86.9 Å². The summed E-state index contributed by atoms with van der Waals surface area (Å²) in [5, 5.41) is 20.5. The molecule has 0 aromatic carbocycles. The van der Waals surface area contributed by atoms with Gasteiger partial charge in [0.1, 0.15) is 17.5 Å². The molecule has 6 unspecified atom stereocenters. The fourth-order valence-corrected chi connectivity index (χ4v) is 8.47. The van der Waals surface area contributed by atoms with Crippen LogP contribution in [0.15, 0.2) is 47.7 Å². The molecule has 3 aliphatic carbocycles. The standard InChI is InChI=1S/C17H21N5O2.C12H15N5.C12H16N2O/c1-3-24-17(23)15-10-22(20-19-15)9-12-4-5-16(18-11(12)2)21-7-13-6-14(13)8-21;1-8-9(5-14-16-13)2-3-12(15-8)17-6-10-4-11(10)7-17;1-8-9(7-15)2-3-12(13-8)14-5-10-4-11(10)6-14/h4-5,10,13-14H,3,6-9H2,1-2H3;2-3,10-11H,4-7H2,1H3;2-3,10-11,15H,4-7H2,1H3. The van der Waals surface area contributed by atoms with E-state index in [1.807, 2.05) is 45.0 Å². The van der Waals surface area contributed by atoms with Gasteiger partial charge in [0.25, 0.3) is 0 Å². The molecule has 0 spiro atoms. The minimum atomic E-state index is -0.443. The van der Waals surface area contributed by atoms with Crippen molar-refractivity contribution in [2.24, 2.45) is 40.6 Å². The first-order chi connectivity index (χ1) is 27.2. The molecule has 6 fully saturated rings. The average Bonchev–Trinajstić information content (AvgIpc) is 4.08. The zero-order chi connectivity index (χ0) is 38.9. The van der Waals surface area contributed by atoms with Crippen molar-refractivity contribution in [3.05, 3.63) is 92.5 Å². The van der Waals surface area contributed by atoms with Gasteiger partial charge < -0.3 is 24.5 Å². The highest BCUT2D eigenvalue weighted by molar-refractivity contribution is 5.86. The van der Waals surface area contributed by atoms with Gasteiger partial charge in [-0.15, -0.1) is 5.10 Å². The third kappa shape index (κ3) is 8.58. The number of piperidine rings is 3. The maximum absolute atomic E-state index is 11.6. The number of hydrogen-bond donors (Lipinski definition) is 1. The third-order valence-corrected chi connectivity index (χ3v) is 12.3. The van der Waals surface area contributed by atoms with E-state index >= 15 is 0 Å². The number of hydrogen-bond acceptors (Lipinski definition) is 12. The van der Waals surface area contributed by atoms with Crippen molar-refractivity contribution in [2.45, 2.75) is 66.7 Å². The zero-order valence-electron chi connectivity index (χ0n) is 32.8. The normalized spacial score (nSPS) is 24.5. The number of pyridine rings is 3. The zero-order valence-corrected chi connectivity index (χ0v) is 32.8. The van der Waals surface area contributed by atoms with E-state index in [0.29, 0.717) is 19.7 Å². The lowest BCUT2D eigenvalue weighted by atomic mass is 10.2. The average molecular weight is 761 g/mol. The molecule has 3 saturated carbocycles. The summed E-state index contributed by atoms with van der Waals surface area (Å²) < 4.78 is 6.57. The molecule has 6 aliphatic rings. The number of carbonyl (C=O) groups excluding carboxylic acids is 1. The third-order valence-electron chi connectivity index (χ3n) is 12.3. The number of rotatable bonds is 10. The fourth-order valence-electron chi connectivity index (χ4n) is 8.47. The number of fused-ring (bicyclic) bond motifs is 3. The molecule has 0 bridgehead atoms. The molecular weight excluding hydrogens is 709 g/mol. The topological polar surface area (TPSA) is 174 Å². The molecule has 1 N–H and O–H groups in total. The van der Waals surface area contributed by atoms with Crippen LogP contribution in [-0.2, 0) is 24.4 Å². The number of ether oxygens (including phenoxy) is 1. The Hall–Kier alpha value is -5.27. The number of aliphatic hydroxyl groups is 1. The van der Waals surface area contributed by atoms with Crippen LogP contribution in [0, 0.1) is 56.3 Å². The molecule has 10 rings (SSSR count). The van der Waals surface area contributed by atoms with Crippen molar-refractivity contribution in [1.29, 1.82) is 0 Å². The Morgan fingerprint density at radius 2 is 1.20 bits per heavy atom. The molecule has 3 saturated heterocycles. The second-order valence-corrected chi connectivity index (χ2v) is 16.3. The van der Waals surface area contributed by atoms with E-state index in [9.17, 15) is 4.79 Å². The maximum atomic E-state index is 11.6. The summed E-state index contributed by atoms with van der Waals surface area (Å²) >= 11 is 0. The summed E-state index contributed by atoms with van der Waals surface area (Å²) in [7, 11) is 0. The second-order valence-electron chi connectivity index (χ2n) is 16.3. The van der Waals surface area contributed by atoms with E-state index in [1.165, 1.54) is 32.4 Å². The van der Waals surface area contributed by atoms with Gasteiger partial charge in [-0.1, -0.05) is 28.5 Å². The van der Waals surface area contributed by atoms with Gasteiger partial charge in [0.2, 0.25) is 0 Å². The molecule has 15 nitrogen and oxygen atoms in total. The molecule has 56 heavy (non-hydrogen) atoms. The highest BCUT2D eigenvalue weighted by Crippen LogP contribution is 2.47. The van der Waals surface area contributed by atoms with E-state index < -0.39 is 5.97 Å². The number of aromatic nitrogens is 6. The number of nitrogens with zero attached hydrogens (tertiary/aromatic N) is 12. The van der Waals surface area contributed by atoms with Crippen LogP contribution in [0.25, 0.3) is 10.4 Å². The van der Waals surface area contributed by atoms with Crippen LogP contribution in [0.3, 0.4) is 0 Å². The lowest BCUT2D eigenvalue weighted by Gasteiger charge is -2.20. The van der Waals surface area contributed by atoms with E-state index in [1.54, 1.807) is 17.8 Å². The molecule has 294 valence electrons. The first-order valence-electron chi connectivity index (χ1n) is 20.0. The molecule has 0 amide bonds. The first kappa shape index (κ1) is 37.6. The summed E-state index contributed by atoms with van der Waals surface area (Å²) in [4.78, 5) is 35.4. The Morgan fingerprint density at radius 1 is 0.750 bits per heavy atom. The summed E-state index contributed by atoms with van der Waals surface area (Å²) in [5.74, 6) is 8.26. The molecule has 15 heteroatoms. The predicted octanol–water partition coefficient (Wildman–Crippen LogP) is 5.66. The number of aryl methyl sites for hydroxylation is 3. The van der Waals surface area contributed by atoms with Crippen LogP contribution >= 0.6 is 0 Å². The van der Waals surface area contributed by atoms with E-state index in [-0.39, 0.29) is 12.3 Å². The van der Waals surface area contributed by atoms with Crippen molar-refractivity contribution in [1.82, 2.24) is 29.9 Å². The van der Waals surface area contributed by atoms with Gasteiger partial charge in [-0.05, 0) is 123 Å². The van der Waals surface area contributed by atoms with Crippen molar-refractivity contribution in [2.75, 3.05) is 60.6 Å². The molecule has 3 aliphatic heterocycles. The van der Waals surface area contributed by atoms with E-state index in [4.69, 9.17) is 20.4 Å². The van der Waals surface area contributed by atoms with Gasteiger partial charge in [0.15, 0.2) is 5.69 Å². The monoisotopic (exact) mass is 760 g/mol. The van der Waals surface area contributed by atoms with Crippen LogP contribution < -0.4 is 14.7 Å². The number of aliphatic hydroxyl groups excluding tert-OH is 1. The van der Waals surface area contributed by atoms with Crippen LogP contribution in [0.5, 0.6) is 0 Å². The summed E-state index contributed by atoms with van der Waals surface area (Å²) in [6.07, 6.45) is 5.83. The Bertz CT molecular complexity index is 2090. The largest absolute Gasteiger partial charge is 0.461 e. The predicted molar refractivity (Wildman–Crippen MR) is 212 cm³/mol. The maximum Gasteiger partial charge on any atom is 0.360 e. The minimum Gasteiger partial charge on any atom is -0.461 e. The molecule has 0 radical (unpaired) electrons. The number of esters is 1. The smallest absolute Gasteiger partial charge is 0.360 e. The van der Waals surface area contributed by atoms with Gasteiger partial charge in [-0.25, -0.2) is 24.4 Å². The lowest BCUT2D eigenvalue weighted by Crippen LogP contribution is -2.23. The van der Waals surface area contributed by atoms with E-state index in [0.717, 1.165) is 113 Å². The summed E-state index contributed by atoms with van der Waals surface area (Å²) in [5.41, 5.74) is 14.5. The van der Waals surface area contributed by atoms with Crippen LogP contribution in [0.1, 0.15) is 70.4 Å². The number of carbonyl (C=O) groups is 1. The number of anilines is 3. The van der Waals surface area contributed by atoms with Crippen molar-refractivity contribution in [3.63, 3.8) is 0 Å². The Morgan fingerprint density at radius 3 is 1.61 bits per heavy atom. The van der Waals surface area contributed by atoms with Gasteiger partial charge in [0, 0.05) is 61.3 Å². The van der Waals surface area contributed by atoms with Gasteiger partial charge in [-0.3, -0.25) is 0 Å².